The van der Waals surface area contributed by atoms with Gasteiger partial charge in [-0.3, -0.25) is 47.9 Å². The van der Waals surface area contributed by atoms with Crippen molar-refractivity contribution in [3.8, 4) is 0 Å². The van der Waals surface area contributed by atoms with Crippen LogP contribution in [0.3, 0.4) is 0 Å². The number of aliphatic hydroxyl groups excluding tert-OH is 2. The van der Waals surface area contributed by atoms with Gasteiger partial charge in [-0.1, -0.05) is 27.7 Å². The Morgan fingerprint density at radius 3 is 1.50 bits per heavy atom. The van der Waals surface area contributed by atoms with Crippen molar-refractivity contribution in [2.75, 3.05) is 25.2 Å². The van der Waals surface area contributed by atoms with Gasteiger partial charge in [-0.2, -0.15) is 11.8 Å². The van der Waals surface area contributed by atoms with Crippen molar-refractivity contribution < 1.29 is 73.2 Å². The van der Waals surface area contributed by atoms with E-state index in [1.54, 1.807) is 20.1 Å². The predicted molar refractivity (Wildman–Crippen MR) is 246 cm³/mol. The lowest BCUT2D eigenvalue weighted by molar-refractivity contribution is -0.144. The smallest absolute Gasteiger partial charge is 0.326 e. The van der Waals surface area contributed by atoms with Gasteiger partial charge in [0.15, 0.2) is 0 Å². The number of carboxylic acids is 2. The molecule has 0 unspecified atom stereocenters. The van der Waals surface area contributed by atoms with Gasteiger partial charge in [-0.05, 0) is 82.8 Å². The van der Waals surface area contributed by atoms with Crippen LogP contribution in [-0.2, 0) is 52.7 Å². The molecule has 9 amide bonds. The number of aliphatic carboxylic acids is 2. The number of carbonyl (C=O) groups excluding carboxylic acids is 9. The van der Waals surface area contributed by atoms with Crippen LogP contribution in [-0.4, -0.2) is 171 Å². The summed E-state index contributed by atoms with van der Waals surface area (Å²) in [7, 11) is 0. The first kappa shape index (κ1) is 62.4. The minimum atomic E-state index is -1.74. The molecular weight excluding hydrogens is 919 g/mol. The van der Waals surface area contributed by atoms with Crippen molar-refractivity contribution >= 4 is 76.9 Å². The molecule has 0 radical (unpaired) electrons. The maximum Gasteiger partial charge on any atom is 0.326 e. The number of thioether (sulfide) groups is 1. The summed E-state index contributed by atoms with van der Waals surface area (Å²) in [6, 6.07) is -13.2. The fourth-order valence-electron chi connectivity index (χ4n) is 6.19. The largest absolute Gasteiger partial charge is 0.481 e. The molecule has 0 aromatic rings. The molecule has 0 heterocycles. The molecule has 0 rings (SSSR count). The fourth-order valence-corrected chi connectivity index (χ4v) is 6.66. The topological polar surface area (TPSA) is 443 Å². The highest BCUT2D eigenvalue weighted by molar-refractivity contribution is 7.98. The molecule has 18 N–H and O–H groups in total. The number of amides is 9. The first-order valence-electron chi connectivity index (χ1n) is 22.1. The summed E-state index contributed by atoms with van der Waals surface area (Å²) in [5.74, 6) is -12.0. The maximum absolute atomic E-state index is 13.9. The molecule has 26 nitrogen and oxygen atoms in total. The van der Waals surface area contributed by atoms with Crippen LogP contribution in [0.2, 0.25) is 0 Å². The Bertz CT molecular complexity index is 1740. The van der Waals surface area contributed by atoms with E-state index in [-0.39, 0.29) is 43.9 Å². The van der Waals surface area contributed by atoms with Crippen LogP contribution in [0.4, 0.5) is 0 Å². The third kappa shape index (κ3) is 23.9. The van der Waals surface area contributed by atoms with Gasteiger partial charge in [0.2, 0.25) is 53.2 Å². The minimum Gasteiger partial charge on any atom is -0.481 e. The van der Waals surface area contributed by atoms with Gasteiger partial charge in [0.1, 0.15) is 54.4 Å². The fraction of sp³-hybridized carbons (Fsp3) is 0.732. The molecule has 0 aromatic heterocycles. The molecule has 0 aliphatic rings. The average molecular weight is 992 g/mol. The Kier molecular flexibility index (Phi) is 29.5. The van der Waals surface area contributed by atoms with Crippen molar-refractivity contribution in [3.63, 3.8) is 0 Å². The van der Waals surface area contributed by atoms with Crippen LogP contribution < -0.4 is 59.7 Å². The Balaban J connectivity index is 6.38. The quantitative estimate of drug-likeness (QED) is 0.0268. The summed E-state index contributed by atoms with van der Waals surface area (Å²) in [5.41, 5.74) is 16.6. The zero-order valence-corrected chi connectivity index (χ0v) is 40.4. The maximum atomic E-state index is 13.9. The van der Waals surface area contributed by atoms with E-state index < -0.39 is 157 Å². The van der Waals surface area contributed by atoms with Crippen LogP contribution >= 0.6 is 11.8 Å². The Hall–Kier alpha value is -5.64. The van der Waals surface area contributed by atoms with Crippen molar-refractivity contribution in [2.24, 2.45) is 29.0 Å². The molecular formula is C41H73N11O15S. The molecule has 0 bridgehead atoms. The van der Waals surface area contributed by atoms with Crippen LogP contribution in [0.25, 0.3) is 0 Å². The van der Waals surface area contributed by atoms with Gasteiger partial charge >= 0.3 is 11.9 Å². The normalized spacial score (nSPS) is 15.6. The van der Waals surface area contributed by atoms with Crippen LogP contribution in [0.15, 0.2) is 0 Å². The number of hydrogen-bond donors (Lipinski definition) is 15. The lowest BCUT2D eigenvalue weighted by Gasteiger charge is -2.28. The number of primary amides is 1. The number of carboxylic acid groups (broad SMARTS) is 2. The molecule has 388 valence electrons. The number of hydrogen-bond acceptors (Lipinski definition) is 16. The van der Waals surface area contributed by atoms with Gasteiger partial charge in [0, 0.05) is 6.42 Å². The molecule has 27 heteroatoms. The van der Waals surface area contributed by atoms with Crippen molar-refractivity contribution in [1.29, 1.82) is 0 Å². The monoisotopic (exact) mass is 992 g/mol. The van der Waals surface area contributed by atoms with E-state index in [1.165, 1.54) is 39.5 Å². The number of aliphatic hydroxyl groups is 2. The number of carbonyl (C=O) groups is 11. The second kappa shape index (κ2) is 32.2. The van der Waals surface area contributed by atoms with Crippen LogP contribution in [0.5, 0.6) is 0 Å². The SMILES string of the molecule is CSCC[C@H](NC(=O)[C@H](CC(N)=O)NC(=O)[C@H](C)NC(=O)[C@@H](NC(=O)[C@H](CC(C)C)NC(=O)[C@@H](N)CO)[C@@H](C)O)C(=O)N[C@@H](CCCCN)C(=O)N[C@@H](CCC(=O)O)C(=O)N[C@H](C(=O)O)C(C)C. The van der Waals surface area contributed by atoms with Crippen molar-refractivity contribution in [3.05, 3.63) is 0 Å². The first-order chi connectivity index (χ1) is 31.7. The summed E-state index contributed by atoms with van der Waals surface area (Å²) >= 11 is 1.28. The lowest BCUT2D eigenvalue weighted by Crippen LogP contribution is -2.61. The molecule has 0 aliphatic carbocycles. The Morgan fingerprint density at radius 1 is 0.574 bits per heavy atom. The number of nitrogens with one attached hydrogen (secondary N) is 8. The van der Waals surface area contributed by atoms with E-state index >= 15 is 0 Å². The van der Waals surface area contributed by atoms with E-state index in [0.717, 1.165) is 0 Å². The van der Waals surface area contributed by atoms with E-state index in [0.29, 0.717) is 6.42 Å². The molecule has 0 spiro atoms. The second-order valence-corrected chi connectivity index (χ2v) is 17.9. The van der Waals surface area contributed by atoms with E-state index in [9.17, 15) is 73.2 Å². The first-order valence-corrected chi connectivity index (χ1v) is 23.5. The summed E-state index contributed by atoms with van der Waals surface area (Å²) in [5, 5.41) is 57.5. The molecule has 0 fully saturated rings. The molecule has 68 heavy (non-hydrogen) atoms. The number of rotatable bonds is 34. The predicted octanol–water partition coefficient (Wildman–Crippen LogP) is -5.01. The van der Waals surface area contributed by atoms with E-state index in [4.69, 9.17) is 17.2 Å². The highest BCUT2D eigenvalue weighted by Gasteiger charge is 2.36. The lowest BCUT2D eigenvalue weighted by atomic mass is 10.0. The molecule has 10 atom stereocenters. The molecule has 0 saturated carbocycles. The highest BCUT2D eigenvalue weighted by atomic mass is 32.2. The number of unbranched alkanes of at least 4 members (excludes halogenated alkanes) is 1. The zero-order chi connectivity index (χ0) is 52.4. The second-order valence-electron chi connectivity index (χ2n) is 16.9. The van der Waals surface area contributed by atoms with Gasteiger partial charge < -0.3 is 80.2 Å². The summed E-state index contributed by atoms with van der Waals surface area (Å²) in [4.78, 5) is 142. The van der Waals surface area contributed by atoms with Crippen molar-refractivity contribution in [1.82, 2.24) is 42.5 Å². The third-order valence-electron chi connectivity index (χ3n) is 10.1. The molecule has 0 aliphatic heterocycles. The minimum absolute atomic E-state index is 0.0486. The van der Waals surface area contributed by atoms with Crippen LogP contribution in [0.1, 0.15) is 92.9 Å². The standard InChI is InChI=1S/C41H73N11O15S/c1-19(2)16-27(50-34(59)23(43)18-53)39(64)52-32(22(6)54)40(65)45-21(5)33(58)49-28(17-29(44)55)38(63)48-26(13-15-68-7)36(61)46-24(10-8-9-14-42)35(60)47-25(11-12-30(56)57)37(62)51-31(20(3)4)41(66)67/h19-28,31-32,53-54H,8-18,42-43H2,1-7H3,(H2,44,55)(H,45,65)(H,46,61)(H,47,60)(H,48,63)(H,49,58)(H,50,59)(H,51,62)(H,52,64)(H,56,57)(H,66,67)/t21-,22+,23-,24-,25-,26-,27-,28-,31-,32-/m0/s1. The van der Waals surface area contributed by atoms with E-state index in [2.05, 4.69) is 42.5 Å². The molecule has 0 saturated heterocycles. The average Bonchev–Trinajstić information content (AvgIpc) is 3.24. The van der Waals surface area contributed by atoms with Crippen molar-refractivity contribution in [2.45, 2.75) is 153 Å². The van der Waals surface area contributed by atoms with E-state index in [1.807, 2.05) is 0 Å². The van der Waals surface area contributed by atoms with Gasteiger partial charge in [-0.25, -0.2) is 4.79 Å². The molecule has 0 aromatic carbocycles. The Labute approximate surface area is 399 Å². The summed E-state index contributed by atoms with van der Waals surface area (Å²) in [6.07, 6.45) is -1.04. The van der Waals surface area contributed by atoms with Crippen LogP contribution in [0, 0.1) is 11.8 Å². The number of nitrogens with two attached hydrogens (primary N) is 3. The van der Waals surface area contributed by atoms with Gasteiger partial charge in [0.25, 0.3) is 0 Å². The van der Waals surface area contributed by atoms with Gasteiger partial charge in [0.05, 0.1) is 19.1 Å². The summed E-state index contributed by atoms with van der Waals surface area (Å²) in [6.45, 7) is 8.40. The third-order valence-corrected chi connectivity index (χ3v) is 10.7. The zero-order valence-electron chi connectivity index (χ0n) is 39.6. The Morgan fingerprint density at radius 2 is 1.04 bits per heavy atom. The highest BCUT2D eigenvalue weighted by Crippen LogP contribution is 2.11. The summed E-state index contributed by atoms with van der Waals surface area (Å²) < 4.78 is 0. The van der Waals surface area contributed by atoms with Gasteiger partial charge in [-0.15, -0.1) is 0 Å².